The van der Waals surface area contributed by atoms with E-state index in [9.17, 15) is 0 Å². The molecule has 1 aromatic rings. The van der Waals surface area contributed by atoms with Crippen molar-refractivity contribution in [2.45, 2.75) is 19.0 Å². The van der Waals surface area contributed by atoms with Gasteiger partial charge < -0.3 is 20.5 Å². The topological polar surface area (TPSA) is 72.1 Å². The standard InChI is InChI=1S/C15H26N4O2S/c1-12(11-20-2)18-15(16)17-10-13(14-4-3-9-22-14)19-5-7-21-8-6-19/h3-4,9,12-13H,5-8,10-11H2,1-2H3,(H3,16,17,18). The van der Waals surface area contributed by atoms with Gasteiger partial charge in [0.2, 0.25) is 0 Å². The first-order chi connectivity index (χ1) is 10.7. The summed E-state index contributed by atoms with van der Waals surface area (Å²) in [5, 5.41) is 5.25. The van der Waals surface area contributed by atoms with Crippen LogP contribution < -0.4 is 11.1 Å². The van der Waals surface area contributed by atoms with Gasteiger partial charge in [-0.05, 0) is 18.4 Å². The average molecular weight is 326 g/mol. The number of hydrogen-bond donors (Lipinski definition) is 2. The largest absolute Gasteiger partial charge is 0.383 e. The molecule has 1 saturated heterocycles. The molecule has 2 atom stereocenters. The third kappa shape index (κ3) is 5.24. The van der Waals surface area contributed by atoms with E-state index in [1.165, 1.54) is 4.88 Å². The summed E-state index contributed by atoms with van der Waals surface area (Å²) in [6, 6.07) is 4.66. The summed E-state index contributed by atoms with van der Waals surface area (Å²) in [6.07, 6.45) is 0. The first-order valence-corrected chi connectivity index (χ1v) is 8.49. The van der Waals surface area contributed by atoms with Crippen LogP contribution in [0.4, 0.5) is 0 Å². The first kappa shape index (κ1) is 17.2. The Morgan fingerprint density at radius 1 is 1.55 bits per heavy atom. The Labute approximate surface area is 136 Å². The molecule has 1 aliphatic heterocycles. The van der Waals surface area contributed by atoms with Crippen molar-refractivity contribution in [3.63, 3.8) is 0 Å². The molecular weight excluding hydrogens is 300 g/mol. The number of morpholine rings is 1. The lowest BCUT2D eigenvalue weighted by molar-refractivity contribution is 0.0186. The summed E-state index contributed by atoms with van der Waals surface area (Å²) in [4.78, 5) is 8.27. The van der Waals surface area contributed by atoms with Gasteiger partial charge in [0.15, 0.2) is 5.96 Å². The van der Waals surface area contributed by atoms with E-state index in [0.29, 0.717) is 19.1 Å². The van der Waals surface area contributed by atoms with Crippen LogP contribution in [0.1, 0.15) is 17.8 Å². The summed E-state index contributed by atoms with van der Waals surface area (Å²) in [6.45, 7) is 6.71. The highest BCUT2D eigenvalue weighted by Gasteiger charge is 2.23. The molecule has 3 N–H and O–H groups in total. The average Bonchev–Trinajstić information content (AvgIpc) is 3.03. The fourth-order valence-corrected chi connectivity index (χ4v) is 3.38. The summed E-state index contributed by atoms with van der Waals surface area (Å²) >= 11 is 1.77. The highest BCUT2D eigenvalue weighted by atomic mass is 32.1. The minimum Gasteiger partial charge on any atom is -0.383 e. The number of guanidine groups is 1. The Bertz CT molecular complexity index is 446. The predicted molar refractivity (Wildman–Crippen MR) is 90.4 cm³/mol. The Kier molecular flexibility index (Phi) is 7.11. The van der Waals surface area contributed by atoms with Gasteiger partial charge in [-0.3, -0.25) is 9.89 Å². The molecule has 2 rings (SSSR count). The SMILES string of the molecule is COCC(C)NC(N)=NCC(c1cccs1)N1CCOCC1. The van der Waals surface area contributed by atoms with Gasteiger partial charge in [0.25, 0.3) is 0 Å². The van der Waals surface area contributed by atoms with Crippen LogP contribution in [0.15, 0.2) is 22.5 Å². The van der Waals surface area contributed by atoms with Gasteiger partial charge in [0.05, 0.1) is 32.4 Å². The molecule has 124 valence electrons. The molecule has 6 nitrogen and oxygen atoms in total. The van der Waals surface area contributed by atoms with E-state index in [1.807, 2.05) is 6.92 Å². The molecule has 7 heteroatoms. The fourth-order valence-electron chi connectivity index (χ4n) is 2.53. The number of aliphatic imine (C=N–C) groups is 1. The van der Waals surface area contributed by atoms with E-state index >= 15 is 0 Å². The second kappa shape index (κ2) is 9.09. The van der Waals surface area contributed by atoms with E-state index in [2.05, 4.69) is 32.7 Å². The van der Waals surface area contributed by atoms with E-state index in [-0.39, 0.29) is 12.1 Å². The maximum atomic E-state index is 5.98. The van der Waals surface area contributed by atoms with Gasteiger partial charge in [0, 0.05) is 31.1 Å². The summed E-state index contributed by atoms with van der Waals surface area (Å²) in [5.41, 5.74) is 5.98. The van der Waals surface area contributed by atoms with Gasteiger partial charge in [0.1, 0.15) is 0 Å². The lowest BCUT2D eigenvalue weighted by Crippen LogP contribution is -2.42. The van der Waals surface area contributed by atoms with E-state index in [0.717, 1.165) is 26.3 Å². The first-order valence-electron chi connectivity index (χ1n) is 7.61. The Morgan fingerprint density at radius 3 is 2.95 bits per heavy atom. The van der Waals surface area contributed by atoms with Gasteiger partial charge >= 0.3 is 0 Å². The normalized spacial score (nSPS) is 19.8. The molecule has 22 heavy (non-hydrogen) atoms. The van der Waals surface area contributed by atoms with E-state index in [4.69, 9.17) is 15.2 Å². The van der Waals surface area contributed by atoms with Gasteiger partial charge in [-0.15, -0.1) is 11.3 Å². The smallest absolute Gasteiger partial charge is 0.188 e. The third-order valence-electron chi connectivity index (χ3n) is 3.60. The molecule has 0 aromatic carbocycles. The zero-order valence-corrected chi connectivity index (χ0v) is 14.1. The quantitative estimate of drug-likeness (QED) is 0.579. The lowest BCUT2D eigenvalue weighted by atomic mass is 10.2. The zero-order chi connectivity index (χ0) is 15.8. The number of hydrogen-bond acceptors (Lipinski definition) is 5. The second-order valence-corrected chi connectivity index (χ2v) is 6.39. The van der Waals surface area contributed by atoms with Gasteiger partial charge in [-0.1, -0.05) is 6.07 Å². The summed E-state index contributed by atoms with van der Waals surface area (Å²) in [7, 11) is 1.68. The molecule has 0 saturated carbocycles. The Hall–Kier alpha value is -1.15. The van der Waals surface area contributed by atoms with Gasteiger partial charge in [-0.25, -0.2) is 0 Å². The fraction of sp³-hybridized carbons (Fsp3) is 0.667. The molecule has 1 fully saturated rings. The highest BCUT2D eigenvalue weighted by molar-refractivity contribution is 7.10. The number of nitrogens with zero attached hydrogens (tertiary/aromatic N) is 2. The lowest BCUT2D eigenvalue weighted by Gasteiger charge is -2.33. The van der Waals surface area contributed by atoms with Crippen molar-refractivity contribution in [2.24, 2.45) is 10.7 Å². The predicted octanol–water partition coefficient (Wildman–Crippen LogP) is 1.06. The number of nitrogens with one attached hydrogen (secondary N) is 1. The summed E-state index contributed by atoms with van der Waals surface area (Å²) < 4.78 is 10.5. The van der Waals surface area contributed by atoms with Crippen LogP contribution in [0.5, 0.6) is 0 Å². The molecule has 0 amide bonds. The Morgan fingerprint density at radius 2 is 2.32 bits per heavy atom. The molecule has 0 bridgehead atoms. The minimum absolute atomic E-state index is 0.150. The maximum absolute atomic E-state index is 5.98. The van der Waals surface area contributed by atoms with Crippen LogP contribution in [0.2, 0.25) is 0 Å². The van der Waals surface area contributed by atoms with Crippen molar-refractivity contribution in [1.29, 1.82) is 0 Å². The molecule has 0 spiro atoms. The molecule has 1 aliphatic rings. The molecule has 2 unspecified atom stereocenters. The highest BCUT2D eigenvalue weighted by Crippen LogP contribution is 2.26. The number of ether oxygens (including phenoxy) is 2. The van der Waals surface area contributed by atoms with Crippen LogP contribution in [0.25, 0.3) is 0 Å². The van der Waals surface area contributed by atoms with Crippen LogP contribution in [0.3, 0.4) is 0 Å². The molecule has 0 aliphatic carbocycles. The molecule has 1 aromatic heterocycles. The van der Waals surface area contributed by atoms with Crippen molar-refractivity contribution in [2.75, 3.05) is 46.6 Å². The number of nitrogens with two attached hydrogens (primary N) is 1. The van der Waals surface area contributed by atoms with Crippen LogP contribution in [-0.2, 0) is 9.47 Å². The second-order valence-electron chi connectivity index (χ2n) is 5.41. The van der Waals surface area contributed by atoms with Crippen molar-refractivity contribution in [1.82, 2.24) is 10.2 Å². The zero-order valence-electron chi connectivity index (χ0n) is 13.3. The van der Waals surface area contributed by atoms with Crippen LogP contribution in [-0.4, -0.2) is 63.5 Å². The van der Waals surface area contributed by atoms with Crippen molar-refractivity contribution in [3.8, 4) is 0 Å². The maximum Gasteiger partial charge on any atom is 0.188 e. The Balaban J connectivity index is 1.97. The number of thiophene rings is 1. The molecule has 0 radical (unpaired) electrons. The summed E-state index contributed by atoms with van der Waals surface area (Å²) in [5.74, 6) is 0.472. The molecule has 2 heterocycles. The number of methoxy groups -OCH3 is 1. The third-order valence-corrected chi connectivity index (χ3v) is 4.58. The van der Waals surface area contributed by atoms with E-state index in [1.54, 1.807) is 18.4 Å². The van der Waals surface area contributed by atoms with Crippen LogP contribution >= 0.6 is 11.3 Å². The van der Waals surface area contributed by atoms with Crippen molar-refractivity contribution >= 4 is 17.3 Å². The minimum atomic E-state index is 0.150. The molecular formula is C15H26N4O2S. The van der Waals surface area contributed by atoms with Crippen molar-refractivity contribution < 1.29 is 9.47 Å². The van der Waals surface area contributed by atoms with Gasteiger partial charge in [-0.2, -0.15) is 0 Å². The monoisotopic (exact) mass is 326 g/mol. The van der Waals surface area contributed by atoms with E-state index < -0.39 is 0 Å². The van der Waals surface area contributed by atoms with Crippen molar-refractivity contribution in [3.05, 3.63) is 22.4 Å². The van der Waals surface area contributed by atoms with Crippen LogP contribution in [0, 0.1) is 0 Å². The number of rotatable bonds is 7.